The highest BCUT2D eigenvalue weighted by molar-refractivity contribution is 7.55. The average Bonchev–Trinajstić information content (AvgIpc) is 1.59. The number of carbonyl (C=O) groups is 4. The number of nitrogen functional groups attached to an aromatic ring is 3. The zero-order chi connectivity index (χ0) is 95.9. The van der Waals surface area contributed by atoms with Crippen molar-refractivity contribution >= 4 is 80.5 Å². The molecule has 0 bridgehead atoms. The highest BCUT2D eigenvalue weighted by atomic mass is 31.2. The van der Waals surface area contributed by atoms with E-state index in [0.717, 1.165) is 51.4 Å². The summed E-state index contributed by atoms with van der Waals surface area (Å²) in [6.45, 7) is 21.0. The first kappa shape index (κ1) is 107. The van der Waals surface area contributed by atoms with E-state index in [1.54, 1.807) is 104 Å². The second-order valence-corrected chi connectivity index (χ2v) is 38.1. The number of hydrogen-bond donors (Lipinski definition) is 12. The number of aliphatic hydroxyl groups is 6. The van der Waals surface area contributed by atoms with Gasteiger partial charge in [-0.05, 0) is 123 Å². The Morgan fingerprint density at radius 2 is 0.727 bits per heavy atom. The van der Waals surface area contributed by atoms with E-state index in [9.17, 15) is 79.3 Å². The Morgan fingerprint density at radius 3 is 1.05 bits per heavy atom. The topological polar surface area (TPSA) is 589 Å². The standard InChI is InChI=1S/C31H49N6O9P.C29H37N4O8P.C28H36N5O8P.CH4/c1-7-21(8-2)15-43-29(40)19(5)35-47(42,36-20(6)30(41)44-16-22(9-3)10-4)45-17-25-27(38)28(39)31(18-32,46-25)26-12-11-24-23(33)13-14-34-37(24)26;1-4-20(5-2)15-38-28(36)19(3)17-42(37,41-21-9-7-6-8-10-21)39-16-24-26(34)27(35)29(18-30,40-24)25-12-11-23-22(31)13-14-32-33(23)25;1-4-19(5-2)15-38-27(36)18(3)32-42(37,41-20-9-7-6-8-10-20)39-16-23-25(34)26(35)28(17-29,40-23)24-12-11-22-21(30)13-14-31-33(22)24;/h11-14,19-22,25,27-28,38-39H,7-10,15-17,33H2,1-6H3,(H2,35,36,42);6-14,19-20,24,26-27,34-35H,4-5,15-17,31H2,1-3H3;6-14,18-19,23,25-26,34-35H,4-5,15-16,30H2,1-3H3,(H,32,37);1H4/t19-,20-,25+,27+,28+,31-;19-,24+,26+,27+,29-,42?;18-,23+,25+,26+,28-,42?;/m000./s1. The quantitative estimate of drug-likeness (QED) is 0.00959. The van der Waals surface area contributed by atoms with Crippen molar-refractivity contribution in [2.45, 2.75) is 232 Å². The second kappa shape index (κ2) is 48.2. The van der Waals surface area contributed by atoms with Gasteiger partial charge in [0.25, 0.3) is 0 Å². The molecule has 722 valence electrons. The van der Waals surface area contributed by atoms with Gasteiger partial charge >= 0.3 is 46.9 Å². The molecule has 0 spiro atoms. The number of rotatable bonds is 44. The van der Waals surface area contributed by atoms with Gasteiger partial charge in [0.2, 0.25) is 16.8 Å². The third kappa shape index (κ3) is 25.3. The highest BCUT2D eigenvalue weighted by Crippen LogP contribution is 2.53. The number of ether oxygens (including phenoxy) is 7. The number of nitrogens with one attached hydrogen (secondary N) is 3. The van der Waals surface area contributed by atoms with E-state index in [1.165, 1.54) is 71.1 Å². The number of anilines is 3. The lowest BCUT2D eigenvalue weighted by molar-refractivity contribution is -0.149. The van der Waals surface area contributed by atoms with Gasteiger partial charge in [-0.25, -0.2) is 32.9 Å². The fraction of sp³-hybridized carbons (Fsp3) is 0.551. The molecule has 0 saturated carbocycles. The van der Waals surface area contributed by atoms with Crippen LogP contribution in [0.2, 0.25) is 0 Å². The Bertz CT molecular complexity index is 5130. The van der Waals surface area contributed by atoms with Crippen molar-refractivity contribution in [1.82, 2.24) is 44.1 Å². The Kier molecular flexibility index (Phi) is 39.2. The molecule has 2 unspecified atom stereocenters. The minimum atomic E-state index is -4.31. The van der Waals surface area contributed by atoms with Crippen LogP contribution in [-0.2, 0) is 96.4 Å². The Balaban J connectivity index is 0.000000243. The molecule has 0 radical (unpaired) electrons. The fourth-order valence-electron chi connectivity index (χ4n) is 14.8. The molecule has 2 aromatic carbocycles. The molecule has 3 fully saturated rings. The summed E-state index contributed by atoms with van der Waals surface area (Å²) in [7, 11) is -12.7. The first-order valence-electron chi connectivity index (χ1n) is 43.7. The van der Waals surface area contributed by atoms with Crippen LogP contribution >= 0.6 is 23.0 Å². The monoisotopic (exact) mass is 1900 g/mol. The van der Waals surface area contributed by atoms with Crippen molar-refractivity contribution in [2.75, 3.05) is 69.6 Å². The molecule has 132 heavy (non-hydrogen) atoms. The number of hydrogen-bond acceptors (Lipinski definition) is 34. The Morgan fingerprint density at radius 1 is 0.432 bits per heavy atom. The van der Waals surface area contributed by atoms with Crippen LogP contribution in [-0.4, -0.2) is 209 Å². The number of esters is 4. The van der Waals surface area contributed by atoms with Gasteiger partial charge < -0.3 is 94.6 Å². The summed E-state index contributed by atoms with van der Waals surface area (Å²) in [5, 5.41) is 117. The molecule has 11 rings (SSSR count). The van der Waals surface area contributed by atoms with Gasteiger partial charge in [-0.3, -0.25) is 32.8 Å². The molecule has 3 saturated heterocycles. The normalized spacial score (nSPS) is 23.6. The third-order valence-corrected chi connectivity index (χ3v) is 29.1. The van der Waals surface area contributed by atoms with E-state index in [-0.39, 0.29) is 92.3 Å². The summed E-state index contributed by atoms with van der Waals surface area (Å²) < 4.78 is 114. The molecule has 6 aromatic heterocycles. The van der Waals surface area contributed by atoms with Crippen LogP contribution in [0.4, 0.5) is 17.1 Å². The third-order valence-electron chi connectivity index (χ3n) is 23.5. The van der Waals surface area contributed by atoms with E-state index in [4.69, 9.17) is 73.0 Å². The number of benzene rings is 2. The fourth-order valence-corrected chi connectivity index (χ4v) is 19.9. The summed E-state index contributed by atoms with van der Waals surface area (Å²) >= 11 is 0. The lowest BCUT2D eigenvalue weighted by atomic mass is 9.92. The van der Waals surface area contributed by atoms with E-state index < -0.39 is 162 Å². The molecule has 0 aliphatic carbocycles. The lowest BCUT2D eigenvalue weighted by Gasteiger charge is -2.28. The van der Waals surface area contributed by atoms with Crippen molar-refractivity contribution in [2.24, 2.45) is 29.6 Å². The second-order valence-electron chi connectivity index (χ2n) is 32.5. The first-order valence-corrected chi connectivity index (χ1v) is 48.6. The summed E-state index contributed by atoms with van der Waals surface area (Å²) in [5.41, 5.74) is 14.8. The summed E-state index contributed by atoms with van der Waals surface area (Å²) in [6.07, 6.45) is -3.44. The van der Waals surface area contributed by atoms with Crippen LogP contribution in [0.3, 0.4) is 0 Å². The summed E-state index contributed by atoms with van der Waals surface area (Å²) in [6, 6.07) is 33.1. The molecule has 8 aromatic rings. The molecule has 9 heterocycles. The maximum Gasteiger partial charge on any atom is 0.459 e. The number of fused-ring (bicyclic) bond motifs is 3. The minimum Gasteiger partial charge on any atom is -0.465 e. The minimum absolute atomic E-state index is 0. The van der Waals surface area contributed by atoms with Crippen LogP contribution in [0.25, 0.3) is 16.6 Å². The maximum atomic E-state index is 14.2. The molecular weight excluding hydrogens is 1770 g/mol. The summed E-state index contributed by atoms with van der Waals surface area (Å²) in [5.74, 6) is -2.21. The molecule has 3 aliphatic rings. The summed E-state index contributed by atoms with van der Waals surface area (Å²) in [4.78, 5) is 51.1. The molecule has 18 atom stereocenters. The van der Waals surface area contributed by atoms with Gasteiger partial charge in [0.15, 0.2) is 0 Å². The number of para-hydroxylation sites is 2. The van der Waals surface area contributed by atoms with Crippen LogP contribution in [0, 0.1) is 63.6 Å². The Hall–Kier alpha value is -10.1. The van der Waals surface area contributed by atoms with Gasteiger partial charge in [-0.1, -0.05) is 158 Å². The van der Waals surface area contributed by atoms with Crippen molar-refractivity contribution < 1.29 is 119 Å². The number of nitrogens with two attached hydrogens (primary N) is 3. The van der Waals surface area contributed by atoms with Crippen LogP contribution in [0.1, 0.15) is 159 Å². The molecule has 43 heteroatoms. The predicted molar refractivity (Wildman–Crippen MR) is 485 cm³/mol. The van der Waals surface area contributed by atoms with Crippen LogP contribution in [0.5, 0.6) is 11.5 Å². The first-order chi connectivity index (χ1) is 62.4. The van der Waals surface area contributed by atoms with Crippen molar-refractivity contribution in [1.29, 1.82) is 15.8 Å². The number of nitriles is 3. The van der Waals surface area contributed by atoms with Crippen molar-refractivity contribution in [3.63, 3.8) is 0 Å². The molecule has 0 amide bonds. The molecular formula is C89H126N15O25P3. The lowest BCUT2D eigenvalue weighted by Crippen LogP contribution is -2.43. The molecule has 15 N–H and O–H groups in total. The molecule has 3 aliphatic heterocycles. The largest absolute Gasteiger partial charge is 0.465 e. The SMILES string of the molecule is C.CCC(CC)COC(=O)[C@@H](C)CP(=O)(OC[C@H]1O[C@@](C#N)(c2ccc3c(N)ccnn23)[C@H](O)[C@@H]1O)Oc1ccccc1.CCC(CC)COC(=O)[C@H](C)NP(=O)(N[C@@H](C)C(=O)OCC(CC)CC)OC[C@H]1O[C@@](C#N)(c2ccc3c(N)ccnn23)[C@H](O)[C@@H]1O.CCC(CC)COC(=O)[C@H](C)NP(=O)(OC[C@H]1O[C@@](C#N)(c2ccc3c(N)ccnn23)[C@H](O)[C@@H]1O)Oc1ccccc1. The van der Waals surface area contributed by atoms with E-state index in [0.29, 0.717) is 33.6 Å². The van der Waals surface area contributed by atoms with Crippen molar-refractivity contribution in [3.8, 4) is 29.7 Å². The van der Waals surface area contributed by atoms with Gasteiger partial charge in [0.05, 0.1) is 109 Å². The zero-order valence-electron chi connectivity index (χ0n) is 75.4. The van der Waals surface area contributed by atoms with Gasteiger partial charge in [-0.15, -0.1) is 0 Å². The van der Waals surface area contributed by atoms with E-state index >= 15 is 0 Å². The van der Waals surface area contributed by atoms with Crippen LogP contribution < -0.4 is 41.5 Å². The van der Waals surface area contributed by atoms with Crippen LogP contribution in [0.15, 0.2) is 134 Å². The number of aliphatic hydroxyl groups excluding tert-OH is 6. The van der Waals surface area contributed by atoms with Crippen molar-refractivity contribution in [3.05, 3.63) is 151 Å². The highest BCUT2D eigenvalue weighted by Gasteiger charge is 2.61. The maximum absolute atomic E-state index is 14.2. The van der Waals surface area contributed by atoms with Gasteiger partial charge in [0, 0.05) is 18.6 Å². The van der Waals surface area contributed by atoms with Gasteiger partial charge in [-0.2, -0.15) is 36.2 Å². The average molecular weight is 1900 g/mol. The molecule has 40 nitrogen and oxygen atoms in total. The van der Waals surface area contributed by atoms with Gasteiger partial charge in [0.1, 0.15) is 103 Å². The zero-order valence-corrected chi connectivity index (χ0v) is 78.1. The number of nitrogens with zero attached hydrogens (tertiary/aromatic N) is 9. The number of carbonyl (C=O) groups excluding carboxylic acids is 4. The smallest absolute Gasteiger partial charge is 0.459 e. The predicted octanol–water partition coefficient (Wildman–Crippen LogP) is 10.0. The Labute approximate surface area is 767 Å². The van der Waals surface area contributed by atoms with E-state index in [1.807, 2.05) is 73.6 Å². The number of aromatic nitrogens is 6. The van der Waals surface area contributed by atoms with E-state index in [2.05, 4.69) is 30.6 Å².